The Morgan fingerprint density at radius 3 is 2.61 bits per heavy atom. The average Bonchev–Trinajstić information content (AvgIpc) is 2.49. The van der Waals surface area contributed by atoms with Crippen LogP contribution in [0.5, 0.6) is 11.5 Å². The van der Waals surface area contributed by atoms with Gasteiger partial charge in [0, 0.05) is 12.6 Å². The Labute approximate surface area is 131 Å². The number of amides is 2. The zero-order chi connectivity index (χ0) is 16.8. The van der Waals surface area contributed by atoms with Crippen molar-refractivity contribution in [2.75, 3.05) is 17.2 Å². The summed E-state index contributed by atoms with van der Waals surface area (Å²) in [6.45, 7) is 0.926. The highest BCUT2D eigenvalue weighted by Gasteiger charge is 2.09. The van der Waals surface area contributed by atoms with Gasteiger partial charge in [0.2, 0.25) is 5.91 Å². The van der Waals surface area contributed by atoms with E-state index in [2.05, 4.69) is 10.6 Å². The normalized spacial score (nSPS) is 10.0. The first kappa shape index (κ1) is 16.3. The van der Waals surface area contributed by atoms with Gasteiger partial charge in [-0.15, -0.1) is 0 Å². The summed E-state index contributed by atoms with van der Waals surface area (Å²) in [4.78, 5) is 22.8. The molecule has 2 amide bonds. The third kappa shape index (κ3) is 4.70. The second-order valence-corrected chi connectivity index (χ2v) is 4.68. The molecule has 0 fully saturated rings. The smallest absolute Gasteiger partial charge is 0.262 e. The van der Waals surface area contributed by atoms with Crippen LogP contribution in [0.1, 0.15) is 6.92 Å². The van der Waals surface area contributed by atoms with Crippen molar-refractivity contribution in [2.24, 2.45) is 0 Å². The summed E-state index contributed by atoms with van der Waals surface area (Å²) >= 11 is 0. The first-order chi connectivity index (χ1) is 11.0. The van der Waals surface area contributed by atoms with Crippen LogP contribution < -0.4 is 15.4 Å². The van der Waals surface area contributed by atoms with Gasteiger partial charge in [-0.25, -0.2) is 4.39 Å². The number of carbonyl (C=O) groups excluding carboxylic acids is 2. The molecule has 0 aromatic heterocycles. The van der Waals surface area contributed by atoms with Crippen molar-refractivity contribution in [3.63, 3.8) is 0 Å². The number of phenolic OH excluding ortho intramolecular Hbond substituents is 1. The van der Waals surface area contributed by atoms with Crippen molar-refractivity contribution in [1.82, 2.24) is 0 Å². The molecule has 2 rings (SSSR count). The summed E-state index contributed by atoms with van der Waals surface area (Å²) in [5.41, 5.74) is 0.276. The first-order valence-electron chi connectivity index (χ1n) is 6.73. The largest absolute Gasteiger partial charge is 0.504 e. The fraction of sp³-hybridized carbons (Fsp3) is 0.125. The van der Waals surface area contributed by atoms with E-state index in [-0.39, 0.29) is 23.8 Å². The fourth-order valence-corrected chi connectivity index (χ4v) is 1.81. The minimum atomic E-state index is -0.608. The molecule has 0 saturated carbocycles. The van der Waals surface area contributed by atoms with Crippen molar-refractivity contribution in [1.29, 1.82) is 0 Å². The lowest BCUT2D eigenvalue weighted by atomic mass is 10.2. The summed E-state index contributed by atoms with van der Waals surface area (Å²) in [6.07, 6.45) is 0. The van der Waals surface area contributed by atoms with Crippen LogP contribution in [0.2, 0.25) is 0 Å². The molecule has 0 radical (unpaired) electrons. The molecule has 0 aliphatic rings. The molecule has 23 heavy (non-hydrogen) atoms. The molecule has 3 N–H and O–H groups in total. The van der Waals surface area contributed by atoms with Crippen LogP contribution >= 0.6 is 0 Å². The number of nitrogens with one attached hydrogen (secondary N) is 2. The summed E-state index contributed by atoms with van der Waals surface area (Å²) in [5, 5.41) is 14.4. The molecule has 0 aliphatic heterocycles. The van der Waals surface area contributed by atoms with Crippen LogP contribution in [0.25, 0.3) is 0 Å². The highest BCUT2D eigenvalue weighted by molar-refractivity contribution is 5.94. The zero-order valence-corrected chi connectivity index (χ0v) is 12.3. The monoisotopic (exact) mass is 318 g/mol. The van der Waals surface area contributed by atoms with Gasteiger partial charge in [0.25, 0.3) is 5.91 Å². The topological polar surface area (TPSA) is 87.7 Å². The van der Waals surface area contributed by atoms with Gasteiger partial charge in [0.05, 0.1) is 5.69 Å². The molecule has 0 atom stereocenters. The molecular formula is C16H15FN2O4. The van der Waals surface area contributed by atoms with Crippen LogP contribution in [0.15, 0.2) is 42.5 Å². The molecule has 7 heteroatoms. The lowest BCUT2D eigenvalue weighted by Crippen LogP contribution is -2.20. The van der Waals surface area contributed by atoms with Crippen molar-refractivity contribution < 1.29 is 23.8 Å². The molecule has 120 valence electrons. The number of anilines is 2. The van der Waals surface area contributed by atoms with Gasteiger partial charge >= 0.3 is 0 Å². The standard InChI is InChI=1S/C16H15FN2O4/c1-10(20)18-13-8-11(6-7-12(13)17)19-16(22)9-23-15-5-3-2-4-14(15)21/h2-8,21H,9H2,1H3,(H,18,20)(H,19,22). The van der Waals surface area contributed by atoms with Crippen LogP contribution in [-0.4, -0.2) is 23.5 Å². The van der Waals surface area contributed by atoms with Gasteiger partial charge in [-0.1, -0.05) is 12.1 Å². The molecule has 2 aromatic rings. The second kappa shape index (κ2) is 7.26. The molecular weight excluding hydrogens is 303 g/mol. The number of benzene rings is 2. The minimum Gasteiger partial charge on any atom is -0.504 e. The number of hydrogen-bond donors (Lipinski definition) is 3. The van der Waals surface area contributed by atoms with E-state index in [9.17, 15) is 19.1 Å². The Balaban J connectivity index is 1.97. The number of aromatic hydroxyl groups is 1. The van der Waals surface area contributed by atoms with E-state index in [1.54, 1.807) is 12.1 Å². The number of ether oxygens (including phenoxy) is 1. The predicted octanol–water partition coefficient (Wildman–Crippen LogP) is 2.51. The van der Waals surface area contributed by atoms with Crippen molar-refractivity contribution in [3.05, 3.63) is 48.3 Å². The molecule has 0 unspecified atom stereocenters. The lowest BCUT2D eigenvalue weighted by molar-refractivity contribution is -0.118. The van der Waals surface area contributed by atoms with Gasteiger partial charge in [-0.05, 0) is 30.3 Å². The van der Waals surface area contributed by atoms with E-state index in [0.717, 1.165) is 6.07 Å². The highest BCUT2D eigenvalue weighted by Crippen LogP contribution is 2.24. The molecule has 0 aliphatic carbocycles. The van der Waals surface area contributed by atoms with Gasteiger partial charge in [-0.3, -0.25) is 9.59 Å². The van der Waals surface area contributed by atoms with Crippen molar-refractivity contribution in [2.45, 2.75) is 6.92 Å². The van der Waals surface area contributed by atoms with Crippen molar-refractivity contribution in [3.8, 4) is 11.5 Å². The van der Waals surface area contributed by atoms with E-state index in [1.807, 2.05) is 0 Å². The summed E-state index contributed by atoms with van der Waals surface area (Å²) in [5.74, 6) is -1.41. The van der Waals surface area contributed by atoms with E-state index < -0.39 is 17.6 Å². The Kier molecular flexibility index (Phi) is 5.14. The molecule has 0 spiro atoms. The third-order valence-electron chi connectivity index (χ3n) is 2.78. The molecule has 6 nitrogen and oxygen atoms in total. The van der Waals surface area contributed by atoms with Gasteiger partial charge in [0.15, 0.2) is 18.1 Å². The maximum absolute atomic E-state index is 13.5. The summed E-state index contributed by atoms with van der Waals surface area (Å²) in [7, 11) is 0. The number of carbonyl (C=O) groups is 2. The van der Waals surface area contributed by atoms with E-state index in [0.29, 0.717) is 5.69 Å². The fourth-order valence-electron chi connectivity index (χ4n) is 1.81. The SMILES string of the molecule is CC(=O)Nc1cc(NC(=O)COc2ccccc2O)ccc1F. The average molecular weight is 318 g/mol. The quantitative estimate of drug-likeness (QED) is 0.790. The first-order valence-corrected chi connectivity index (χ1v) is 6.73. The molecule has 0 saturated heterocycles. The zero-order valence-electron chi connectivity index (χ0n) is 12.3. The Bertz CT molecular complexity index is 734. The van der Waals surface area contributed by atoms with E-state index >= 15 is 0 Å². The molecule has 0 heterocycles. The molecule has 2 aromatic carbocycles. The highest BCUT2D eigenvalue weighted by atomic mass is 19.1. The Morgan fingerprint density at radius 2 is 1.91 bits per heavy atom. The third-order valence-corrected chi connectivity index (χ3v) is 2.78. The maximum atomic E-state index is 13.5. The van der Waals surface area contributed by atoms with Crippen molar-refractivity contribution >= 4 is 23.2 Å². The summed E-state index contributed by atoms with van der Waals surface area (Å²) < 4.78 is 18.7. The number of para-hydroxylation sites is 2. The number of hydrogen-bond acceptors (Lipinski definition) is 4. The second-order valence-electron chi connectivity index (χ2n) is 4.68. The Hall–Kier alpha value is -3.09. The van der Waals surface area contributed by atoms with Crippen LogP contribution in [0.4, 0.5) is 15.8 Å². The maximum Gasteiger partial charge on any atom is 0.262 e. The van der Waals surface area contributed by atoms with E-state index in [4.69, 9.17) is 4.74 Å². The number of rotatable bonds is 5. The summed E-state index contributed by atoms with van der Waals surface area (Å²) in [6, 6.07) is 10.0. The van der Waals surface area contributed by atoms with Crippen LogP contribution in [-0.2, 0) is 9.59 Å². The minimum absolute atomic E-state index is 0.0306. The molecule has 0 bridgehead atoms. The predicted molar refractivity (Wildman–Crippen MR) is 82.9 cm³/mol. The van der Waals surface area contributed by atoms with Gasteiger partial charge < -0.3 is 20.5 Å². The van der Waals surface area contributed by atoms with Gasteiger partial charge in [-0.2, -0.15) is 0 Å². The van der Waals surface area contributed by atoms with Crippen LogP contribution in [0, 0.1) is 5.82 Å². The van der Waals surface area contributed by atoms with E-state index in [1.165, 1.54) is 31.2 Å². The number of phenols is 1. The van der Waals surface area contributed by atoms with Crippen LogP contribution in [0.3, 0.4) is 0 Å². The van der Waals surface area contributed by atoms with Gasteiger partial charge in [0.1, 0.15) is 5.82 Å². The number of halogens is 1. The lowest BCUT2D eigenvalue weighted by Gasteiger charge is -2.10. The Morgan fingerprint density at radius 1 is 1.17 bits per heavy atom.